The number of anilines is 1. The Kier molecular flexibility index (Phi) is 6.78. The molecule has 0 fully saturated rings. The van der Waals surface area contributed by atoms with Crippen molar-refractivity contribution in [2.24, 2.45) is 5.41 Å². The molecule has 7 heteroatoms. The molecular weight excluding hydrogens is 286 g/mol. The van der Waals surface area contributed by atoms with Gasteiger partial charge in [0, 0.05) is 19.2 Å². The van der Waals surface area contributed by atoms with Gasteiger partial charge < -0.3 is 15.7 Å². The van der Waals surface area contributed by atoms with Crippen LogP contribution in [0.5, 0.6) is 0 Å². The molecule has 0 bridgehead atoms. The minimum absolute atomic E-state index is 0.0196. The Hall–Kier alpha value is -2.15. The maximum Gasteiger partial charge on any atom is 0.292 e. The average Bonchev–Trinajstić information content (AvgIpc) is 2.49. The van der Waals surface area contributed by atoms with Crippen molar-refractivity contribution in [3.05, 3.63) is 34.4 Å². The van der Waals surface area contributed by atoms with E-state index >= 15 is 0 Å². The van der Waals surface area contributed by atoms with E-state index in [1.807, 2.05) is 13.8 Å². The number of benzene rings is 1. The molecule has 122 valence electrons. The molecule has 0 aromatic heterocycles. The van der Waals surface area contributed by atoms with Crippen LogP contribution in [-0.4, -0.2) is 35.6 Å². The van der Waals surface area contributed by atoms with Crippen LogP contribution in [0, 0.1) is 15.5 Å². The predicted molar refractivity (Wildman–Crippen MR) is 84.7 cm³/mol. The zero-order valence-electron chi connectivity index (χ0n) is 13.0. The summed E-state index contributed by atoms with van der Waals surface area (Å²) in [4.78, 5) is 22.1. The number of hydrogen-bond acceptors (Lipinski definition) is 5. The van der Waals surface area contributed by atoms with Crippen molar-refractivity contribution in [3.63, 3.8) is 0 Å². The van der Waals surface area contributed by atoms with E-state index in [1.54, 1.807) is 18.2 Å². The van der Waals surface area contributed by atoms with Gasteiger partial charge in [-0.2, -0.15) is 0 Å². The minimum atomic E-state index is -0.489. The lowest BCUT2D eigenvalue weighted by Crippen LogP contribution is -2.31. The van der Waals surface area contributed by atoms with Crippen LogP contribution < -0.4 is 10.6 Å². The summed E-state index contributed by atoms with van der Waals surface area (Å²) < 4.78 is 0. The van der Waals surface area contributed by atoms with Gasteiger partial charge in [-0.1, -0.05) is 26.0 Å². The molecule has 0 saturated carbocycles. The molecule has 1 aromatic rings. The summed E-state index contributed by atoms with van der Waals surface area (Å²) in [6.45, 7) is 4.53. The maximum absolute atomic E-state index is 11.7. The fourth-order valence-electron chi connectivity index (χ4n) is 1.89. The number of hydrogen-bond donors (Lipinski definition) is 3. The molecule has 0 radical (unpaired) electrons. The molecule has 0 saturated heterocycles. The average molecular weight is 309 g/mol. The van der Waals surface area contributed by atoms with Gasteiger partial charge in [0.05, 0.1) is 11.5 Å². The first-order chi connectivity index (χ1) is 10.4. The van der Waals surface area contributed by atoms with Crippen LogP contribution in [-0.2, 0) is 4.79 Å². The van der Waals surface area contributed by atoms with E-state index < -0.39 is 4.92 Å². The highest BCUT2D eigenvalue weighted by Gasteiger charge is 2.16. The zero-order chi connectivity index (χ0) is 16.6. The third-order valence-electron chi connectivity index (χ3n) is 3.32. The van der Waals surface area contributed by atoms with Gasteiger partial charge in [-0.3, -0.25) is 14.9 Å². The Morgan fingerprint density at radius 1 is 1.36 bits per heavy atom. The second kappa shape index (κ2) is 8.33. The lowest BCUT2D eigenvalue weighted by Gasteiger charge is -2.21. The zero-order valence-corrected chi connectivity index (χ0v) is 13.0. The van der Waals surface area contributed by atoms with E-state index in [0.717, 1.165) is 12.8 Å². The van der Waals surface area contributed by atoms with Crippen LogP contribution in [0.25, 0.3) is 0 Å². The van der Waals surface area contributed by atoms with Gasteiger partial charge in [-0.25, -0.2) is 0 Å². The Labute approximate surface area is 129 Å². The molecule has 1 amide bonds. The number of rotatable bonds is 9. The molecule has 0 aliphatic heterocycles. The Morgan fingerprint density at radius 2 is 2.05 bits per heavy atom. The topological polar surface area (TPSA) is 104 Å². The van der Waals surface area contributed by atoms with Crippen molar-refractivity contribution < 1.29 is 14.8 Å². The van der Waals surface area contributed by atoms with E-state index in [4.69, 9.17) is 5.11 Å². The summed E-state index contributed by atoms with van der Waals surface area (Å²) in [6.07, 6.45) is 1.58. The summed E-state index contributed by atoms with van der Waals surface area (Å²) in [5.41, 5.74) is 0.122. The van der Waals surface area contributed by atoms with Gasteiger partial charge in [-0.05, 0) is 24.3 Å². The van der Waals surface area contributed by atoms with Crippen molar-refractivity contribution in [3.8, 4) is 0 Å². The summed E-state index contributed by atoms with van der Waals surface area (Å²) in [5, 5.41) is 25.5. The number of aliphatic hydroxyl groups excluding tert-OH is 1. The number of nitro benzene ring substituents is 1. The van der Waals surface area contributed by atoms with Gasteiger partial charge >= 0.3 is 0 Å². The summed E-state index contributed by atoms with van der Waals surface area (Å²) in [7, 11) is 0. The molecule has 1 aromatic carbocycles. The first-order valence-corrected chi connectivity index (χ1v) is 7.20. The number of nitrogens with zero attached hydrogens (tertiary/aromatic N) is 1. The summed E-state index contributed by atoms with van der Waals surface area (Å²) >= 11 is 0. The smallest absolute Gasteiger partial charge is 0.292 e. The van der Waals surface area contributed by atoms with E-state index in [2.05, 4.69) is 10.6 Å². The highest BCUT2D eigenvalue weighted by Crippen LogP contribution is 2.22. The van der Waals surface area contributed by atoms with Gasteiger partial charge in [-0.15, -0.1) is 0 Å². The van der Waals surface area contributed by atoms with Gasteiger partial charge in [0.2, 0.25) is 5.91 Å². The number of amides is 1. The first kappa shape index (κ1) is 17.9. The number of para-hydroxylation sites is 2. The number of aliphatic hydroxyl groups is 1. The third-order valence-corrected chi connectivity index (χ3v) is 3.32. The number of carbonyl (C=O) groups excluding carboxylic acids is 1. The maximum atomic E-state index is 11.7. The minimum Gasteiger partial charge on any atom is -0.396 e. The second-order valence-electron chi connectivity index (χ2n) is 5.90. The fraction of sp³-hybridized carbons (Fsp3) is 0.533. The summed E-state index contributed by atoms with van der Waals surface area (Å²) in [5.74, 6) is -0.222. The molecule has 22 heavy (non-hydrogen) atoms. The van der Waals surface area contributed by atoms with Gasteiger partial charge in [0.25, 0.3) is 5.69 Å². The van der Waals surface area contributed by atoms with E-state index in [9.17, 15) is 14.9 Å². The van der Waals surface area contributed by atoms with Crippen LogP contribution in [0.3, 0.4) is 0 Å². The van der Waals surface area contributed by atoms with Crippen LogP contribution in [0.15, 0.2) is 24.3 Å². The molecule has 7 nitrogen and oxygen atoms in total. The Bertz CT molecular complexity index is 517. The lowest BCUT2D eigenvalue weighted by molar-refractivity contribution is -0.383. The quantitative estimate of drug-likeness (QED) is 0.367. The number of nitrogens with one attached hydrogen (secondary N) is 2. The molecule has 0 aliphatic carbocycles. The molecule has 0 atom stereocenters. The van der Waals surface area contributed by atoms with Crippen molar-refractivity contribution in [2.45, 2.75) is 26.7 Å². The van der Waals surface area contributed by atoms with Gasteiger partial charge in [0.15, 0.2) is 0 Å². The molecule has 0 unspecified atom stereocenters. The molecular formula is C15H23N3O4. The second-order valence-corrected chi connectivity index (χ2v) is 5.90. The molecule has 0 aliphatic rings. The third kappa shape index (κ3) is 6.09. The Morgan fingerprint density at radius 3 is 2.68 bits per heavy atom. The van der Waals surface area contributed by atoms with E-state index in [0.29, 0.717) is 12.2 Å². The molecule has 0 spiro atoms. The highest BCUT2D eigenvalue weighted by molar-refractivity contribution is 5.81. The van der Waals surface area contributed by atoms with Gasteiger partial charge in [0.1, 0.15) is 5.69 Å². The van der Waals surface area contributed by atoms with Crippen LogP contribution >= 0.6 is 0 Å². The van der Waals surface area contributed by atoms with Crippen molar-refractivity contribution >= 4 is 17.3 Å². The first-order valence-electron chi connectivity index (χ1n) is 7.20. The normalized spacial score (nSPS) is 11.0. The van der Waals surface area contributed by atoms with E-state index in [1.165, 1.54) is 6.07 Å². The van der Waals surface area contributed by atoms with Crippen LogP contribution in [0.1, 0.15) is 26.7 Å². The monoisotopic (exact) mass is 309 g/mol. The van der Waals surface area contributed by atoms with Crippen LogP contribution in [0.2, 0.25) is 0 Å². The standard InChI is InChI=1S/C15H23N3O4/c1-15(2,11-19)8-5-9-16-14(20)10-17-12-6-3-4-7-13(12)18(21)22/h3-4,6-7,17,19H,5,8-11H2,1-2H3,(H,16,20). The SMILES string of the molecule is CC(C)(CO)CCCNC(=O)CNc1ccccc1[N+](=O)[O-]. The van der Waals surface area contributed by atoms with Crippen LogP contribution in [0.4, 0.5) is 11.4 Å². The van der Waals surface area contributed by atoms with E-state index in [-0.39, 0.29) is 30.2 Å². The predicted octanol–water partition coefficient (Wildman–Crippen LogP) is 1.92. The Balaban J connectivity index is 2.34. The highest BCUT2D eigenvalue weighted by atomic mass is 16.6. The molecule has 1 rings (SSSR count). The fourth-order valence-corrected chi connectivity index (χ4v) is 1.89. The number of carbonyl (C=O) groups is 1. The molecule has 3 N–H and O–H groups in total. The largest absolute Gasteiger partial charge is 0.396 e. The summed E-state index contributed by atoms with van der Waals surface area (Å²) in [6, 6.07) is 6.20. The lowest BCUT2D eigenvalue weighted by atomic mass is 9.89. The van der Waals surface area contributed by atoms with Crippen molar-refractivity contribution in [1.29, 1.82) is 0 Å². The molecule has 0 heterocycles. The number of nitro groups is 1. The van der Waals surface area contributed by atoms with Crippen molar-refractivity contribution in [1.82, 2.24) is 5.32 Å². The van der Waals surface area contributed by atoms with Crippen molar-refractivity contribution in [2.75, 3.05) is 25.0 Å².